The van der Waals surface area contributed by atoms with Crippen molar-refractivity contribution >= 4 is 11.6 Å². The lowest BCUT2D eigenvalue weighted by atomic mass is 10.0. The monoisotopic (exact) mass is 250 g/mol. The van der Waals surface area contributed by atoms with Crippen LogP contribution >= 0.6 is 0 Å². The maximum atomic E-state index is 11.7. The van der Waals surface area contributed by atoms with Crippen LogP contribution in [0.5, 0.6) is 5.75 Å². The Morgan fingerprint density at radius 3 is 2.72 bits per heavy atom. The number of rotatable bonds is 7. The van der Waals surface area contributed by atoms with Crippen LogP contribution in [0.25, 0.3) is 0 Å². The van der Waals surface area contributed by atoms with Crippen molar-refractivity contribution in [3.8, 4) is 5.75 Å². The first kappa shape index (κ1) is 14.4. The molecule has 18 heavy (non-hydrogen) atoms. The highest BCUT2D eigenvalue weighted by Gasteiger charge is 2.12. The molecule has 1 aromatic rings. The average molecular weight is 250 g/mol. The fourth-order valence-corrected chi connectivity index (χ4v) is 1.75. The Bertz CT molecular complexity index is 376. The summed E-state index contributed by atoms with van der Waals surface area (Å²) in [4.78, 5) is 11.7. The second-order valence-electron chi connectivity index (χ2n) is 4.23. The molecule has 0 aliphatic carbocycles. The van der Waals surface area contributed by atoms with Gasteiger partial charge in [0.05, 0.1) is 6.54 Å². The molecular formula is C14H22N2O2. The summed E-state index contributed by atoms with van der Waals surface area (Å²) >= 11 is 0. The molecule has 0 aliphatic rings. The average Bonchev–Trinajstić information content (AvgIpc) is 2.36. The Morgan fingerprint density at radius 2 is 2.11 bits per heavy atom. The van der Waals surface area contributed by atoms with E-state index in [4.69, 9.17) is 10.5 Å². The van der Waals surface area contributed by atoms with E-state index >= 15 is 0 Å². The zero-order valence-electron chi connectivity index (χ0n) is 11.1. The van der Waals surface area contributed by atoms with Gasteiger partial charge in [-0.05, 0) is 25.0 Å². The van der Waals surface area contributed by atoms with Gasteiger partial charge in [0.1, 0.15) is 12.4 Å². The van der Waals surface area contributed by atoms with E-state index in [0.29, 0.717) is 18.8 Å². The minimum atomic E-state index is 0.108. The highest BCUT2D eigenvalue weighted by atomic mass is 16.5. The van der Waals surface area contributed by atoms with E-state index in [2.05, 4.69) is 5.32 Å². The summed E-state index contributed by atoms with van der Waals surface area (Å²) in [5, 5.41) is 2.87. The lowest BCUT2D eigenvalue weighted by Gasteiger charge is -2.13. The van der Waals surface area contributed by atoms with E-state index in [1.54, 1.807) is 6.07 Å². The van der Waals surface area contributed by atoms with Gasteiger partial charge in [-0.2, -0.15) is 0 Å². The van der Waals surface area contributed by atoms with Crippen LogP contribution in [0.2, 0.25) is 0 Å². The standard InChI is InChI=1S/C14H22N2O2/c1-3-11(4-2)14(17)16-8-9-18-13-7-5-6-12(15)10-13/h5-7,10-11H,3-4,8-9,15H2,1-2H3,(H,16,17). The molecule has 100 valence electrons. The van der Waals surface area contributed by atoms with Crippen molar-refractivity contribution in [2.45, 2.75) is 26.7 Å². The Morgan fingerprint density at radius 1 is 1.39 bits per heavy atom. The second-order valence-corrected chi connectivity index (χ2v) is 4.23. The zero-order chi connectivity index (χ0) is 13.4. The molecule has 4 nitrogen and oxygen atoms in total. The third kappa shape index (κ3) is 4.65. The number of nitrogens with one attached hydrogen (secondary N) is 1. The number of nitrogens with two attached hydrogens (primary N) is 1. The maximum absolute atomic E-state index is 11.7. The van der Waals surface area contributed by atoms with Crippen LogP contribution < -0.4 is 15.8 Å². The van der Waals surface area contributed by atoms with Crippen LogP contribution in [0.15, 0.2) is 24.3 Å². The van der Waals surface area contributed by atoms with E-state index in [0.717, 1.165) is 18.6 Å². The van der Waals surface area contributed by atoms with Crippen molar-refractivity contribution in [1.82, 2.24) is 5.32 Å². The van der Waals surface area contributed by atoms with Crippen LogP contribution in [-0.2, 0) is 4.79 Å². The van der Waals surface area contributed by atoms with Crippen LogP contribution in [-0.4, -0.2) is 19.1 Å². The largest absolute Gasteiger partial charge is 0.492 e. The number of hydrogen-bond acceptors (Lipinski definition) is 3. The van der Waals surface area contributed by atoms with Crippen molar-refractivity contribution in [2.75, 3.05) is 18.9 Å². The summed E-state index contributed by atoms with van der Waals surface area (Å²) in [6, 6.07) is 7.26. The van der Waals surface area contributed by atoms with E-state index in [1.165, 1.54) is 0 Å². The molecule has 1 amide bonds. The van der Waals surface area contributed by atoms with Crippen molar-refractivity contribution in [1.29, 1.82) is 0 Å². The number of amides is 1. The summed E-state index contributed by atoms with van der Waals surface area (Å²) in [7, 11) is 0. The van der Waals surface area contributed by atoms with Crippen LogP contribution in [0.3, 0.4) is 0 Å². The van der Waals surface area contributed by atoms with Gasteiger partial charge < -0.3 is 15.8 Å². The van der Waals surface area contributed by atoms with Gasteiger partial charge >= 0.3 is 0 Å². The van der Waals surface area contributed by atoms with E-state index in [9.17, 15) is 4.79 Å². The summed E-state index contributed by atoms with van der Waals surface area (Å²) < 4.78 is 5.49. The molecule has 0 spiro atoms. The molecular weight excluding hydrogens is 228 g/mol. The molecule has 0 aliphatic heterocycles. The quantitative estimate of drug-likeness (QED) is 0.576. The number of carbonyl (C=O) groups excluding carboxylic acids is 1. The van der Waals surface area contributed by atoms with Gasteiger partial charge in [-0.3, -0.25) is 4.79 Å². The summed E-state index contributed by atoms with van der Waals surface area (Å²) in [6.45, 7) is 5.02. The van der Waals surface area contributed by atoms with Crippen LogP contribution in [0.1, 0.15) is 26.7 Å². The molecule has 3 N–H and O–H groups in total. The van der Waals surface area contributed by atoms with E-state index < -0.39 is 0 Å². The number of benzene rings is 1. The lowest BCUT2D eigenvalue weighted by molar-refractivity contribution is -0.125. The molecule has 0 atom stereocenters. The number of hydrogen-bond donors (Lipinski definition) is 2. The highest BCUT2D eigenvalue weighted by Crippen LogP contribution is 2.14. The smallest absolute Gasteiger partial charge is 0.223 e. The molecule has 0 fully saturated rings. The Labute approximate surface area is 109 Å². The Balaban J connectivity index is 2.24. The number of ether oxygens (including phenoxy) is 1. The molecule has 1 rings (SSSR count). The third-order valence-electron chi connectivity index (χ3n) is 2.88. The van der Waals surface area contributed by atoms with Gasteiger partial charge in [-0.15, -0.1) is 0 Å². The number of carbonyl (C=O) groups is 1. The van der Waals surface area contributed by atoms with Crippen molar-refractivity contribution in [3.63, 3.8) is 0 Å². The molecule has 0 aromatic heterocycles. The minimum absolute atomic E-state index is 0.108. The normalized spacial score (nSPS) is 10.4. The summed E-state index contributed by atoms with van der Waals surface area (Å²) in [6.07, 6.45) is 1.75. The number of anilines is 1. The van der Waals surface area contributed by atoms with E-state index in [1.807, 2.05) is 32.0 Å². The molecule has 0 saturated carbocycles. The van der Waals surface area contributed by atoms with Gasteiger partial charge in [0, 0.05) is 17.7 Å². The second kappa shape index (κ2) is 7.58. The van der Waals surface area contributed by atoms with Crippen molar-refractivity contribution in [3.05, 3.63) is 24.3 Å². The zero-order valence-corrected chi connectivity index (χ0v) is 11.1. The molecule has 4 heteroatoms. The topological polar surface area (TPSA) is 64.3 Å². The lowest BCUT2D eigenvalue weighted by Crippen LogP contribution is -2.33. The van der Waals surface area contributed by atoms with E-state index in [-0.39, 0.29) is 11.8 Å². The Kier molecular flexibility index (Phi) is 6.05. The molecule has 0 bridgehead atoms. The predicted octanol–water partition coefficient (Wildman–Crippen LogP) is 2.20. The van der Waals surface area contributed by atoms with Gasteiger partial charge in [0.15, 0.2) is 0 Å². The van der Waals surface area contributed by atoms with Crippen LogP contribution in [0, 0.1) is 5.92 Å². The summed E-state index contributed by atoms with van der Waals surface area (Å²) in [5.41, 5.74) is 6.31. The van der Waals surface area contributed by atoms with Gasteiger partial charge in [0.2, 0.25) is 5.91 Å². The molecule has 0 heterocycles. The molecule has 0 radical (unpaired) electrons. The minimum Gasteiger partial charge on any atom is -0.492 e. The van der Waals surface area contributed by atoms with Crippen molar-refractivity contribution in [2.24, 2.45) is 5.92 Å². The fraction of sp³-hybridized carbons (Fsp3) is 0.500. The predicted molar refractivity (Wildman–Crippen MR) is 73.4 cm³/mol. The van der Waals surface area contributed by atoms with Gasteiger partial charge in [-0.25, -0.2) is 0 Å². The third-order valence-corrected chi connectivity index (χ3v) is 2.88. The van der Waals surface area contributed by atoms with Gasteiger partial charge in [0.25, 0.3) is 0 Å². The first-order valence-corrected chi connectivity index (χ1v) is 6.43. The first-order valence-electron chi connectivity index (χ1n) is 6.43. The highest BCUT2D eigenvalue weighted by molar-refractivity contribution is 5.78. The maximum Gasteiger partial charge on any atom is 0.223 e. The SMILES string of the molecule is CCC(CC)C(=O)NCCOc1cccc(N)c1. The first-order chi connectivity index (χ1) is 8.67. The summed E-state index contributed by atoms with van der Waals surface area (Å²) in [5.74, 6) is 0.945. The van der Waals surface area contributed by atoms with Crippen molar-refractivity contribution < 1.29 is 9.53 Å². The number of nitrogen functional groups attached to an aromatic ring is 1. The fourth-order valence-electron chi connectivity index (χ4n) is 1.75. The molecule has 1 aromatic carbocycles. The van der Waals surface area contributed by atoms with Gasteiger partial charge in [-0.1, -0.05) is 19.9 Å². The molecule has 0 unspecified atom stereocenters. The Hall–Kier alpha value is -1.71. The molecule has 0 saturated heterocycles. The van der Waals surface area contributed by atoms with Crippen LogP contribution in [0.4, 0.5) is 5.69 Å².